The van der Waals surface area contributed by atoms with E-state index in [1.54, 1.807) is 12.1 Å². The summed E-state index contributed by atoms with van der Waals surface area (Å²) < 4.78 is 6.14. The van der Waals surface area contributed by atoms with Gasteiger partial charge >= 0.3 is 0 Å². The van der Waals surface area contributed by atoms with Crippen LogP contribution in [-0.4, -0.2) is 137 Å². The second-order valence-corrected chi connectivity index (χ2v) is 14.7. The normalized spacial score (nSPS) is 22.7. The number of hydrogen-bond acceptors (Lipinski definition) is 12. The molecule has 0 aliphatic carbocycles. The van der Waals surface area contributed by atoms with Gasteiger partial charge in [-0.1, -0.05) is 0 Å². The lowest BCUT2D eigenvalue weighted by molar-refractivity contribution is -0.136. The van der Waals surface area contributed by atoms with E-state index >= 15 is 0 Å². The van der Waals surface area contributed by atoms with E-state index in [0.29, 0.717) is 42.1 Å². The Labute approximate surface area is 313 Å². The fourth-order valence-electron chi connectivity index (χ4n) is 8.33. The van der Waals surface area contributed by atoms with Crippen LogP contribution in [0.3, 0.4) is 0 Å². The quantitative estimate of drug-likeness (QED) is 0.124. The van der Waals surface area contributed by atoms with Gasteiger partial charge in [0, 0.05) is 99.4 Å². The number of H-pyrrole nitrogens is 1. The molecule has 4 N–H and O–H groups in total. The Hall–Kier alpha value is -5.38. The highest BCUT2D eigenvalue weighted by molar-refractivity contribution is 6.23. The lowest BCUT2D eigenvalue weighted by Crippen LogP contribution is -2.57. The van der Waals surface area contributed by atoms with Crippen LogP contribution in [0.15, 0.2) is 54.7 Å². The predicted octanol–water partition coefficient (Wildman–Crippen LogP) is 2.35. The maximum atomic E-state index is 13.3. The number of rotatable bonds is 10. The number of piperidine rings is 1. The molecule has 3 fully saturated rings. The minimum atomic E-state index is -0.968. The Bertz CT molecular complexity index is 2080. The van der Waals surface area contributed by atoms with E-state index in [1.807, 2.05) is 36.5 Å². The van der Waals surface area contributed by atoms with E-state index in [9.17, 15) is 19.2 Å². The van der Waals surface area contributed by atoms with Crippen molar-refractivity contribution in [1.29, 1.82) is 0 Å². The van der Waals surface area contributed by atoms with Crippen molar-refractivity contribution in [2.24, 2.45) is 0 Å². The molecule has 15 heteroatoms. The number of nitrogen functional groups attached to an aromatic ring is 1. The Morgan fingerprint density at radius 3 is 2.39 bits per heavy atom. The van der Waals surface area contributed by atoms with Gasteiger partial charge in [0.25, 0.3) is 11.8 Å². The number of aromatic amines is 1. The molecule has 4 aliphatic rings. The number of pyridine rings is 1. The molecular weight excluding hydrogens is 688 g/mol. The van der Waals surface area contributed by atoms with E-state index in [-0.39, 0.29) is 18.7 Å². The number of aromatic nitrogens is 3. The SMILES string of the molecule is C[C@@H]1CN(c2cc(-c3n[nH]c4ccc(N)cc34)ccn2)C[C@H](C)N1CCOCCN1CCN(c2ccc3c(c2)C(=O)N(C2CCC(=O)NC2=O)C3=O)CC1. The molecule has 15 nitrogen and oxygen atoms in total. The van der Waals surface area contributed by atoms with Crippen molar-refractivity contribution in [3.8, 4) is 11.3 Å². The summed E-state index contributed by atoms with van der Waals surface area (Å²) in [7, 11) is 0. The average Bonchev–Trinajstić information content (AvgIpc) is 3.69. The summed E-state index contributed by atoms with van der Waals surface area (Å²) in [6.07, 6.45) is 2.09. The number of nitrogens with one attached hydrogen (secondary N) is 2. The van der Waals surface area contributed by atoms with Gasteiger partial charge in [0.15, 0.2) is 0 Å². The number of fused-ring (bicyclic) bond motifs is 2. The molecule has 2 aromatic heterocycles. The molecule has 282 valence electrons. The number of hydrogen-bond donors (Lipinski definition) is 3. The molecule has 3 atom stereocenters. The fraction of sp³-hybridized carbons (Fsp3) is 0.436. The van der Waals surface area contributed by atoms with Crippen LogP contribution in [0.1, 0.15) is 47.4 Å². The van der Waals surface area contributed by atoms with Gasteiger partial charge in [-0.3, -0.25) is 44.3 Å². The minimum Gasteiger partial charge on any atom is -0.399 e. The van der Waals surface area contributed by atoms with E-state index < -0.39 is 23.8 Å². The van der Waals surface area contributed by atoms with Gasteiger partial charge in [-0.25, -0.2) is 4.98 Å². The van der Waals surface area contributed by atoms with Gasteiger partial charge in [-0.2, -0.15) is 5.10 Å². The number of amides is 4. The van der Waals surface area contributed by atoms with Crippen LogP contribution in [0, 0.1) is 0 Å². The van der Waals surface area contributed by atoms with Crippen molar-refractivity contribution in [2.75, 3.05) is 81.1 Å². The first-order valence-corrected chi connectivity index (χ1v) is 18.8. The third-order valence-electron chi connectivity index (χ3n) is 11.2. The molecule has 4 amide bonds. The van der Waals surface area contributed by atoms with Gasteiger partial charge in [-0.05, 0) is 68.8 Å². The largest absolute Gasteiger partial charge is 0.399 e. The van der Waals surface area contributed by atoms with E-state index in [4.69, 9.17) is 15.5 Å². The zero-order valence-electron chi connectivity index (χ0n) is 30.7. The second kappa shape index (κ2) is 14.8. The summed E-state index contributed by atoms with van der Waals surface area (Å²) in [5.41, 5.74) is 11.1. The van der Waals surface area contributed by atoms with Crippen LogP contribution >= 0.6 is 0 Å². The number of benzene rings is 2. The molecule has 6 heterocycles. The molecule has 4 aliphatic heterocycles. The molecule has 0 radical (unpaired) electrons. The standard InChI is InChI=1S/C39H46N10O5/c1-24-22-47(34-19-26(9-10-41-34)36-31-20-27(40)3-6-32(31)43-44-36)23-25(2)48(24)16-18-54-17-15-45-11-13-46(14-12-45)28-4-5-29-30(21-28)39(53)49(38(29)52)33-7-8-35(50)42-37(33)51/h3-6,9-10,19-21,24-25,33H,7-8,11-18,22-23,40H2,1-2H3,(H,43,44)(H,42,50,51)/t24-,25+,33?. The first-order chi connectivity index (χ1) is 26.1. The molecule has 2 aromatic carbocycles. The third-order valence-corrected chi connectivity index (χ3v) is 11.2. The third kappa shape index (κ3) is 6.90. The first kappa shape index (κ1) is 35.6. The summed E-state index contributed by atoms with van der Waals surface area (Å²) >= 11 is 0. The van der Waals surface area contributed by atoms with Crippen molar-refractivity contribution in [3.63, 3.8) is 0 Å². The molecule has 8 rings (SSSR count). The van der Waals surface area contributed by atoms with Crippen molar-refractivity contribution in [2.45, 2.75) is 44.8 Å². The van der Waals surface area contributed by atoms with Gasteiger partial charge in [0.1, 0.15) is 17.6 Å². The van der Waals surface area contributed by atoms with Crippen LogP contribution in [-0.2, 0) is 14.3 Å². The summed E-state index contributed by atoms with van der Waals surface area (Å²) in [5.74, 6) is -1.02. The summed E-state index contributed by atoms with van der Waals surface area (Å²) in [5, 5.41) is 10.9. The number of nitrogens with zero attached hydrogens (tertiary/aromatic N) is 7. The average molecular weight is 735 g/mol. The Morgan fingerprint density at radius 1 is 0.852 bits per heavy atom. The fourth-order valence-corrected chi connectivity index (χ4v) is 8.33. The molecule has 3 saturated heterocycles. The molecule has 54 heavy (non-hydrogen) atoms. The number of imide groups is 2. The van der Waals surface area contributed by atoms with Crippen LogP contribution in [0.4, 0.5) is 17.2 Å². The van der Waals surface area contributed by atoms with Crippen LogP contribution < -0.4 is 20.9 Å². The second-order valence-electron chi connectivity index (χ2n) is 14.7. The van der Waals surface area contributed by atoms with Crippen LogP contribution in [0.2, 0.25) is 0 Å². The minimum absolute atomic E-state index is 0.0957. The number of nitrogens with two attached hydrogens (primary N) is 1. The van der Waals surface area contributed by atoms with Crippen LogP contribution in [0.25, 0.3) is 22.2 Å². The summed E-state index contributed by atoms with van der Waals surface area (Å²) in [6.45, 7) is 12.5. The molecule has 0 bridgehead atoms. The molecule has 1 unspecified atom stereocenters. The van der Waals surface area contributed by atoms with E-state index in [0.717, 1.165) is 90.9 Å². The topological polar surface area (TPSA) is 173 Å². The maximum absolute atomic E-state index is 13.3. The Kier molecular flexibility index (Phi) is 9.77. The number of piperazine rings is 2. The van der Waals surface area contributed by atoms with E-state index in [1.165, 1.54) is 0 Å². The molecule has 4 aromatic rings. The molecular formula is C39H46N10O5. The van der Waals surface area contributed by atoms with Gasteiger partial charge < -0.3 is 20.3 Å². The number of anilines is 3. The zero-order chi connectivity index (χ0) is 37.5. The molecule has 0 saturated carbocycles. The van der Waals surface area contributed by atoms with Gasteiger partial charge in [0.05, 0.1) is 29.9 Å². The van der Waals surface area contributed by atoms with Crippen LogP contribution in [0.5, 0.6) is 0 Å². The van der Waals surface area contributed by atoms with Crippen molar-refractivity contribution in [1.82, 2.24) is 35.2 Å². The highest BCUT2D eigenvalue weighted by Crippen LogP contribution is 2.32. The predicted molar refractivity (Wildman–Crippen MR) is 204 cm³/mol. The highest BCUT2D eigenvalue weighted by atomic mass is 16.5. The highest BCUT2D eigenvalue weighted by Gasteiger charge is 2.45. The lowest BCUT2D eigenvalue weighted by Gasteiger charge is -2.45. The summed E-state index contributed by atoms with van der Waals surface area (Å²) in [4.78, 5) is 65.6. The monoisotopic (exact) mass is 734 g/mol. The maximum Gasteiger partial charge on any atom is 0.262 e. The van der Waals surface area contributed by atoms with Crippen molar-refractivity contribution < 1.29 is 23.9 Å². The lowest BCUT2D eigenvalue weighted by atomic mass is 10.0. The number of carbonyl (C=O) groups excluding carboxylic acids is 4. The summed E-state index contributed by atoms with van der Waals surface area (Å²) in [6, 6.07) is 14.9. The Morgan fingerprint density at radius 2 is 1.61 bits per heavy atom. The van der Waals surface area contributed by atoms with Crippen molar-refractivity contribution in [3.05, 3.63) is 65.9 Å². The molecule has 0 spiro atoms. The van der Waals surface area contributed by atoms with Gasteiger partial charge in [-0.15, -0.1) is 0 Å². The van der Waals surface area contributed by atoms with E-state index in [2.05, 4.69) is 55.0 Å². The zero-order valence-corrected chi connectivity index (χ0v) is 30.7. The van der Waals surface area contributed by atoms with Gasteiger partial charge in [0.2, 0.25) is 11.8 Å². The van der Waals surface area contributed by atoms with Crippen molar-refractivity contribution >= 4 is 51.7 Å². The first-order valence-electron chi connectivity index (χ1n) is 18.8. The number of ether oxygens (including phenoxy) is 1. The Balaban J connectivity index is 0.777. The smallest absolute Gasteiger partial charge is 0.262 e. The number of carbonyl (C=O) groups is 4.